The van der Waals surface area contributed by atoms with Crippen LogP contribution in [0.1, 0.15) is 13.3 Å². The van der Waals surface area contributed by atoms with Gasteiger partial charge in [0.05, 0.1) is 12.4 Å². The van der Waals surface area contributed by atoms with Crippen molar-refractivity contribution < 1.29 is 19.1 Å². The quantitative estimate of drug-likeness (QED) is 0.657. The van der Waals surface area contributed by atoms with Crippen LogP contribution < -0.4 is 5.32 Å². The fraction of sp³-hybridized carbons (Fsp3) is 0.625. The van der Waals surface area contributed by atoms with Crippen molar-refractivity contribution in [3.05, 3.63) is 0 Å². The lowest BCUT2D eigenvalue weighted by molar-refractivity contribution is -0.141. The molecule has 0 aromatic heterocycles. The Hall–Kier alpha value is -1.04. The molecular weight excluding hydrogens is 206 g/mol. The topological polar surface area (TPSA) is 72.5 Å². The molecule has 6 heteroatoms. The van der Waals surface area contributed by atoms with Crippen LogP contribution in [0.15, 0.2) is 0 Å². The number of ether oxygens (including phenoxy) is 1. The van der Waals surface area contributed by atoms with E-state index in [-0.39, 0.29) is 16.8 Å². The minimum absolute atomic E-state index is 0.0547. The van der Waals surface area contributed by atoms with Crippen LogP contribution in [0.4, 0.5) is 0 Å². The van der Waals surface area contributed by atoms with E-state index < -0.39 is 12.0 Å². The maximum Gasteiger partial charge on any atom is 0.328 e. The summed E-state index contributed by atoms with van der Waals surface area (Å²) < 4.78 is 4.66. The van der Waals surface area contributed by atoms with Crippen LogP contribution in [-0.2, 0) is 19.1 Å². The number of cyclic esters (lactones) is 1. The Kier molecular flexibility index (Phi) is 3.94. The van der Waals surface area contributed by atoms with Crippen LogP contribution in [-0.4, -0.2) is 35.4 Å². The molecule has 0 radical (unpaired) electrons. The predicted molar refractivity (Wildman–Crippen MR) is 50.6 cm³/mol. The van der Waals surface area contributed by atoms with Crippen molar-refractivity contribution in [3.63, 3.8) is 0 Å². The largest absolute Gasteiger partial charge is 0.464 e. The molecule has 1 aliphatic rings. The van der Waals surface area contributed by atoms with Crippen molar-refractivity contribution >= 4 is 28.8 Å². The van der Waals surface area contributed by atoms with Crippen molar-refractivity contribution in [2.75, 3.05) is 12.4 Å². The number of nitrogens with one attached hydrogen (secondary N) is 1. The molecule has 0 spiro atoms. The zero-order valence-electron chi connectivity index (χ0n) is 7.74. The molecule has 0 saturated carbocycles. The molecule has 1 N–H and O–H groups in total. The molecule has 1 rings (SSSR count). The zero-order valence-corrected chi connectivity index (χ0v) is 8.56. The minimum atomic E-state index is -0.532. The summed E-state index contributed by atoms with van der Waals surface area (Å²) in [6.07, 6.45) is 0.509. The van der Waals surface area contributed by atoms with Gasteiger partial charge in [0.25, 0.3) is 0 Å². The Labute approximate surface area is 85.6 Å². The highest BCUT2D eigenvalue weighted by molar-refractivity contribution is 8.14. The van der Waals surface area contributed by atoms with Gasteiger partial charge in [0, 0.05) is 13.3 Å². The predicted octanol–water partition coefficient (Wildman–Crippen LogP) is -0.302. The lowest BCUT2D eigenvalue weighted by Gasteiger charge is -2.07. The Morgan fingerprint density at radius 3 is 2.86 bits per heavy atom. The third-order valence-electron chi connectivity index (χ3n) is 1.68. The lowest BCUT2D eigenvalue weighted by Crippen LogP contribution is -2.39. The van der Waals surface area contributed by atoms with Crippen LogP contribution in [0.25, 0.3) is 0 Å². The van der Waals surface area contributed by atoms with Crippen LogP contribution in [0.3, 0.4) is 0 Å². The number of hydrogen-bond acceptors (Lipinski definition) is 5. The molecule has 0 aliphatic carbocycles. The Morgan fingerprint density at radius 1 is 1.64 bits per heavy atom. The van der Waals surface area contributed by atoms with Gasteiger partial charge in [-0.25, -0.2) is 4.79 Å². The highest BCUT2D eigenvalue weighted by Gasteiger charge is 2.27. The maximum absolute atomic E-state index is 11.2. The highest BCUT2D eigenvalue weighted by Crippen LogP contribution is 2.06. The van der Waals surface area contributed by atoms with Gasteiger partial charge in [0.15, 0.2) is 5.12 Å². The molecule has 0 bridgehead atoms. The van der Waals surface area contributed by atoms with E-state index >= 15 is 0 Å². The standard InChI is InChI=1S/C8H11NO4S/c1-5(10)14-4-7(11)9-6-2-3-13-8(6)12/h6H,2-4H2,1H3,(H,9,11). The first-order chi connectivity index (χ1) is 6.59. The average Bonchev–Trinajstić information content (AvgIpc) is 2.49. The minimum Gasteiger partial charge on any atom is -0.464 e. The number of thioether (sulfide) groups is 1. The van der Waals surface area contributed by atoms with Gasteiger partial charge in [-0.3, -0.25) is 9.59 Å². The van der Waals surface area contributed by atoms with E-state index in [4.69, 9.17) is 0 Å². The van der Waals surface area contributed by atoms with E-state index in [0.29, 0.717) is 13.0 Å². The molecule has 1 heterocycles. The second-order valence-corrected chi connectivity index (χ2v) is 4.01. The van der Waals surface area contributed by atoms with Crippen molar-refractivity contribution in [1.82, 2.24) is 5.32 Å². The number of hydrogen-bond donors (Lipinski definition) is 1. The summed E-state index contributed by atoms with van der Waals surface area (Å²) >= 11 is 0.921. The maximum atomic E-state index is 11.2. The van der Waals surface area contributed by atoms with Crippen molar-refractivity contribution in [3.8, 4) is 0 Å². The fourth-order valence-corrected chi connectivity index (χ4v) is 1.45. The van der Waals surface area contributed by atoms with Gasteiger partial charge in [0.2, 0.25) is 5.91 Å². The molecule has 1 amide bonds. The molecule has 1 atom stereocenters. The van der Waals surface area contributed by atoms with Gasteiger partial charge >= 0.3 is 5.97 Å². The van der Waals surface area contributed by atoms with Gasteiger partial charge in [-0.05, 0) is 0 Å². The van der Waals surface area contributed by atoms with Gasteiger partial charge in [0.1, 0.15) is 6.04 Å². The van der Waals surface area contributed by atoms with Crippen LogP contribution >= 0.6 is 11.8 Å². The summed E-state index contributed by atoms with van der Waals surface area (Å²) in [5.41, 5.74) is 0. The number of rotatable bonds is 3. The molecular formula is C8H11NO4S. The molecule has 14 heavy (non-hydrogen) atoms. The van der Waals surface area contributed by atoms with Crippen LogP contribution in [0.5, 0.6) is 0 Å². The monoisotopic (exact) mass is 217 g/mol. The molecule has 1 aliphatic heterocycles. The van der Waals surface area contributed by atoms with Crippen molar-refractivity contribution in [2.45, 2.75) is 19.4 Å². The molecule has 5 nitrogen and oxygen atoms in total. The molecule has 1 fully saturated rings. The van der Waals surface area contributed by atoms with E-state index in [1.807, 2.05) is 0 Å². The molecule has 0 aromatic carbocycles. The van der Waals surface area contributed by atoms with Crippen LogP contribution in [0.2, 0.25) is 0 Å². The number of amides is 1. The molecule has 0 aromatic rings. The fourth-order valence-electron chi connectivity index (χ4n) is 1.03. The molecule has 1 saturated heterocycles. The summed E-state index contributed by atoms with van der Waals surface area (Å²) in [7, 11) is 0. The van der Waals surface area contributed by atoms with Crippen molar-refractivity contribution in [1.29, 1.82) is 0 Å². The van der Waals surface area contributed by atoms with Gasteiger partial charge in [-0.15, -0.1) is 0 Å². The number of carbonyl (C=O) groups is 3. The Balaban J connectivity index is 2.26. The van der Waals surface area contributed by atoms with E-state index in [2.05, 4.69) is 10.1 Å². The summed E-state index contributed by atoms with van der Waals surface area (Å²) in [4.78, 5) is 32.6. The number of esters is 1. The zero-order chi connectivity index (χ0) is 10.6. The van der Waals surface area contributed by atoms with Gasteiger partial charge < -0.3 is 10.1 Å². The smallest absolute Gasteiger partial charge is 0.328 e. The third-order valence-corrected chi connectivity index (χ3v) is 2.49. The van der Waals surface area contributed by atoms with Gasteiger partial charge in [-0.1, -0.05) is 11.8 Å². The van der Waals surface area contributed by atoms with Gasteiger partial charge in [-0.2, -0.15) is 0 Å². The Bertz CT molecular complexity index is 266. The first-order valence-corrected chi connectivity index (χ1v) is 5.17. The second-order valence-electron chi connectivity index (χ2n) is 2.86. The lowest BCUT2D eigenvalue weighted by atomic mass is 10.2. The average molecular weight is 217 g/mol. The number of carbonyl (C=O) groups excluding carboxylic acids is 3. The molecule has 78 valence electrons. The SMILES string of the molecule is CC(=O)SCC(=O)NC1CCOC1=O. The van der Waals surface area contributed by atoms with Crippen LogP contribution in [0, 0.1) is 0 Å². The molecule has 1 unspecified atom stereocenters. The summed E-state index contributed by atoms with van der Waals surface area (Å²) in [5, 5.41) is 2.38. The Morgan fingerprint density at radius 2 is 2.36 bits per heavy atom. The van der Waals surface area contributed by atoms with E-state index in [1.54, 1.807) is 0 Å². The van der Waals surface area contributed by atoms with E-state index in [9.17, 15) is 14.4 Å². The second kappa shape index (κ2) is 4.99. The van der Waals surface area contributed by atoms with E-state index in [1.165, 1.54) is 6.92 Å². The highest BCUT2D eigenvalue weighted by atomic mass is 32.2. The summed E-state index contributed by atoms with van der Waals surface area (Å²) in [6.45, 7) is 1.74. The van der Waals surface area contributed by atoms with Crippen molar-refractivity contribution in [2.24, 2.45) is 0 Å². The summed E-state index contributed by atoms with van der Waals surface area (Å²) in [5.74, 6) is -0.653. The first-order valence-electron chi connectivity index (χ1n) is 4.19. The first kappa shape index (κ1) is 11.0. The summed E-state index contributed by atoms with van der Waals surface area (Å²) in [6, 6.07) is -0.532. The normalized spacial score (nSPS) is 20.4. The third kappa shape index (κ3) is 3.37. The van der Waals surface area contributed by atoms with E-state index in [0.717, 1.165) is 11.8 Å².